The number of ether oxygens (including phenoxy) is 2. The summed E-state index contributed by atoms with van der Waals surface area (Å²) in [5.41, 5.74) is 4.07. The Morgan fingerprint density at radius 2 is 1.60 bits per heavy atom. The van der Waals surface area contributed by atoms with Crippen molar-refractivity contribution in [1.82, 2.24) is 20.3 Å². The summed E-state index contributed by atoms with van der Waals surface area (Å²) in [7, 11) is -2.42. The maximum absolute atomic E-state index is 14.6. The number of aromatic nitrogens is 1. The number of fused-ring (bicyclic) bond motifs is 1. The summed E-state index contributed by atoms with van der Waals surface area (Å²) in [4.78, 5) is 32.9. The highest BCUT2D eigenvalue weighted by Gasteiger charge is 2.58. The first-order valence-electron chi connectivity index (χ1n) is 20.5. The highest BCUT2D eigenvalue weighted by molar-refractivity contribution is 7.89. The molecule has 2 fully saturated rings. The molecule has 1 heterocycles. The third kappa shape index (κ3) is 9.74. The van der Waals surface area contributed by atoms with E-state index in [4.69, 9.17) is 14.5 Å². The highest BCUT2D eigenvalue weighted by atomic mass is 32.2. The molecule has 2 aliphatic rings. The molecule has 0 saturated heterocycles. The van der Waals surface area contributed by atoms with Crippen LogP contribution >= 0.6 is 0 Å². The van der Waals surface area contributed by atoms with Gasteiger partial charge in [-0.2, -0.15) is 0 Å². The Balaban J connectivity index is 1.11. The number of alkyl carbamates (subject to hydrolysis) is 1. The van der Waals surface area contributed by atoms with Gasteiger partial charge in [-0.15, -0.1) is 6.58 Å². The molecule has 0 bridgehead atoms. The molecular formula is C49H54N4O6S. The topological polar surface area (TPSA) is 136 Å². The Labute approximate surface area is 353 Å². The van der Waals surface area contributed by atoms with Crippen LogP contribution in [0.3, 0.4) is 0 Å². The molecule has 2 saturated carbocycles. The van der Waals surface area contributed by atoms with Gasteiger partial charge in [0.15, 0.2) is 0 Å². The van der Waals surface area contributed by atoms with Crippen LogP contribution in [0.15, 0.2) is 139 Å². The van der Waals surface area contributed by atoms with Crippen LogP contribution in [0.2, 0.25) is 0 Å². The first-order valence-corrected chi connectivity index (χ1v) is 22.0. The second kappa shape index (κ2) is 17.3. The number of carbonyl (C=O) groups excluding carboxylic acids is 2. The lowest BCUT2D eigenvalue weighted by Crippen LogP contribution is -2.51. The summed E-state index contributed by atoms with van der Waals surface area (Å²) in [6.07, 6.45) is 4.59. The van der Waals surface area contributed by atoms with E-state index in [1.54, 1.807) is 52.2 Å². The lowest BCUT2D eigenvalue weighted by molar-refractivity contribution is -0.126. The van der Waals surface area contributed by atoms with Crippen LogP contribution in [0.4, 0.5) is 4.79 Å². The van der Waals surface area contributed by atoms with Crippen molar-refractivity contribution in [3.05, 3.63) is 151 Å². The quantitative estimate of drug-likeness (QED) is 0.0899. The molecule has 5 atom stereocenters. The van der Waals surface area contributed by atoms with Crippen LogP contribution in [0.5, 0.6) is 5.75 Å². The third-order valence-electron chi connectivity index (χ3n) is 11.6. The van der Waals surface area contributed by atoms with E-state index in [-0.39, 0.29) is 28.3 Å². The SMILES string of the molecule is C=C[C@@H]1C[C@]1(NC(=O)[C@@H]1CC(Cc2cc(-c3ccccc3)nc3cc(OC)ccc23)C[C@@H]1NC(=O)OC(C)(C)C)C(=C)NS(=O)(=O)c1cccc(CCc2ccccc2)c1. The van der Waals surface area contributed by atoms with E-state index in [1.165, 1.54) is 5.56 Å². The molecule has 3 N–H and O–H groups in total. The van der Waals surface area contributed by atoms with Gasteiger partial charge in [0.1, 0.15) is 11.4 Å². The van der Waals surface area contributed by atoms with Gasteiger partial charge in [-0.1, -0.05) is 85.5 Å². The van der Waals surface area contributed by atoms with Crippen LogP contribution in [0.25, 0.3) is 22.2 Å². The predicted octanol–water partition coefficient (Wildman–Crippen LogP) is 8.71. The van der Waals surface area contributed by atoms with Crippen molar-refractivity contribution in [2.24, 2.45) is 17.8 Å². The first kappa shape index (κ1) is 42.2. The van der Waals surface area contributed by atoms with Crippen LogP contribution in [-0.4, -0.2) is 49.7 Å². The predicted molar refractivity (Wildman–Crippen MR) is 236 cm³/mol. The molecule has 5 aromatic rings. The Kier molecular flexibility index (Phi) is 12.2. The van der Waals surface area contributed by atoms with Crippen LogP contribution in [0, 0.1) is 17.8 Å². The molecule has 0 radical (unpaired) electrons. The monoisotopic (exact) mass is 826 g/mol. The van der Waals surface area contributed by atoms with Gasteiger partial charge >= 0.3 is 6.09 Å². The lowest BCUT2D eigenvalue weighted by atomic mass is 9.93. The molecular weight excluding hydrogens is 773 g/mol. The molecule has 0 spiro atoms. The minimum absolute atomic E-state index is 0.00163. The molecule has 4 aromatic carbocycles. The number of hydrogen-bond acceptors (Lipinski definition) is 7. The van der Waals surface area contributed by atoms with Gasteiger partial charge in [-0.3, -0.25) is 9.52 Å². The number of sulfonamides is 1. The zero-order valence-electron chi connectivity index (χ0n) is 34.7. The number of pyridine rings is 1. The molecule has 2 amide bonds. The van der Waals surface area contributed by atoms with Gasteiger partial charge in [-0.05, 0) is 112 Å². The number of methoxy groups -OCH3 is 1. The normalized spacial score (nSPS) is 21.1. The van der Waals surface area contributed by atoms with Crippen molar-refractivity contribution in [2.45, 2.75) is 81.4 Å². The number of benzene rings is 4. The van der Waals surface area contributed by atoms with Gasteiger partial charge in [0, 0.05) is 34.7 Å². The highest BCUT2D eigenvalue weighted by Crippen LogP contribution is 2.49. The van der Waals surface area contributed by atoms with Crippen molar-refractivity contribution in [3.63, 3.8) is 0 Å². The number of nitrogens with zero attached hydrogens (tertiary/aromatic N) is 1. The largest absolute Gasteiger partial charge is 0.497 e. The van der Waals surface area contributed by atoms with Gasteiger partial charge in [0.2, 0.25) is 5.91 Å². The van der Waals surface area contributed by atoms with Crippen LogP contribution in [0.1, 0.15) is 56.7 Å². The van der Waals surface area contributed by atoms with E-state index in [0.29, 0.717) is 37.9 Å². The number of aryl methyl sites for hydroxylation is 2. The number of nitrogens with one attached hydrogen (secondary N) is 3. The van der Waals surface area contributed by atoms with E-state index in [9.17, 15) is 18.0 Å². The van der Waals surface area contributed by atoms with Crippen molar-refractivity contribution in [3.8, 4) is 17.0 Å². The second-order valence-electron chi connectivity index (χ2n) is 17.0. The molecule has 312 valence electrons. The smallest absolute Gasteiger partial charge is 0.407 e. The summed E-state index contributed by atoms with van der Waals surface area (Å²) >= 11 is 0. The van der Waals surface area contributed by atoms with E-state index in [0.717, 1.165) is 39.7 Å². The second-order valence-corrected chi connectivity index (χ2v) is 18.7. The van der Waals surface area contributed by atoms with Gasteiger partial charge in [0.05, 0.1) is 34.7 Å². The minimum Gasteiger partial charge on any atom is -0.497 e. The summed E-state index contributed by atoms with van der Waals surface area (Å²) < 4.78 is 41.6. The summed E-state index contributed by atoms with van der Waals surface area (Å²) in [6.45, 7) is 13.5. The third-order valence-corrected chi connectivity index (χ3v) is 13.0. The molecule has 0 aliphatic heterocycles. The number of carbonyl (C=O) groups is 2. The van der Waals surface area contributed by atoms with Crippen molar-refractivity contribution < 1.29 is 27.5 Å². The Morgan fingerprint density at radius 3 is 2.28 bits per heavy atom. The summed E-state index contributed by atoms with van der Waals surface area (Å²) in [5.74, 6) is -0.495. The van der Waals surface area contributed by atoms with Crippen LogP contribution in [-0.2, 0) is 38.8 Å². The fourth-order valence-electron chi connectivity index (χ4n) is 8.43. The molecule has 11 heteroatoms. The van der Waals surface area contributed by atoms with E-state index in [2.05, 4.69) is 46.7 Å². The van der Waals surface area contributed by atoms with E-state index < -0.39 is 39.2 Å². The standard InChI is InChI=1S/C49H54N4O6S/c1-7-38-31-49(38,32(2)53-60(56,57)40-20-14-17-34(26-40)22-21-33-15-10-8-11-16-33)52-46(54)42-27-35(28-44(42)51-47(55)59-48(3,4)5)25-37-29-43(36-18-12-9-13-19-36)50-45-30-39(58-6)23-24-41(37)45/h7-20,23-24,26,29-30,35,38,42,44,53H,1-2,21-22,25,27-28,31H2,3-6H3,(H,51,55)(H,52,54)/t35?,38-,42-,44+,49+/m1/s1. The van der Waals surface area contributed by atoms with Gasteiger partial charge in [0.25, 0.3) is 10.0 Å². The number of rotatable bonds is 15. The molecule has 2 aliphatic carbocycles. The van der Waals surface area contributed by atoms with Gasteiger partial charge in [-0.25, -0.2) is 18.2 Å². The van der Waals surface area contributed by atoms with E-state index in [1.807, 2.05) is 72.8 Å². The molecule has 60 heavy (non-hydrogen) atoms. The first-order chi connectivity index (χ1) is 28.7. The Morgan fingerprint density at radius 1 is 0.900 bits per heavy atom. The lowest BCUT2D eigenvalue weighted by Gasteiger charge is -2.27. The maximum atomic E-state index is 14.6. The number of hydrogen-bond donors (Lipinski definition) is 3. The minimum atomic E-state index is -4.05. The van der Waals surface area contributed by atoms with Crippen molar-refractivity contribution in [2.75, 3.05) is 7.11 Å². The molecule has 1 unspecified atom stereocenters. The molecule has 7 rings (SSSR count). The summed E-state index contributed by atoms with van der Waals surface area (Å²) in [6, 6.07) is 34.3. The molecule has 10 nitrogen and oxygen atoms in total. The zero-order chi connectivity index (χ0) is 42.7. The molecule has 1 aromatic heterocycles. The van der Waals surface area contributed by atoms with Crippen molar-refractivity contribution in [1.29, 1.82) is 0 Å². The Bertz CT molecular complexity index is 2500. The average Bonchev–Trinajstić information content (AvgIpc) is 3.81. The van der Waals surface area contributed by atoms with Crippen molar-refractivity contribution >= 4 is 32.9 Å². The average molecular weight is 827 g/mol. The van der Waals surface area contributed by atoms with Gasteiger partial charge < -0.3 is 20.1 Å². The van der Waals surface area contributed by atoms with E-state index >= 15 is 0 Å². The zero-order valence-corrected chi connectivity index (χ0v) is 35.6. The Hall–Kier alpha value is -5.94. The summed E-state index contributed by atoms with van der Waals surface area (Å²) in [5, 5.41) is 7.19. The maximum Gasteiger partial charge on any atom is 0.407 e. The van der Waals surface area contributed by atoms with Crippen LogP contribution < -0.4 is 20.1 Å². The fourth-order valence-corrected chi connectivity index (χ4v) is 9.62. The number of amides is 2. The fraction of sp³-hybridized carbons (Fsp3) is 0.327.